The molecule has 0 saturated carbocycles. The second-order valence-corrected chi connectivity index (χ2v) is 13.1. The third kappa shape index (κ3) is 4.33. The van der Waals surface area contributed by atoms with Crippen LogP contribution in [0.4, 0.5) is 17.1 Å². The summed E-state index contributed by atoms with van der Waals surface area (Å²) in [5, 5.41) is 4.53. The number of benzene rings is 7. The molecule has 0 bridgehead atoms. The van der Waals surface area contributed by atoms with E-state index < -0.39 is 0 Å². The smallest absolute Gasteiger partial charge is 0.228 e. The molecule has 10 rings (SSSR count). The van der Waals surface area contributed by atoms with E-state index in [9.17, 15) is 0 Å². The van der Waals surface area contributed by atoms with Crippen molar-refractivity contribution in [3.8, 4) is 22.6 Å². The number of rotatable bonds is 5. The van der Waals surface area contributed by atoms with Gasteiger partial charge in [-0.3, -0.25) is 0 Å². The van der Waals surface area contributed by atoms with Crippen molar-refractivity contribution in [2.24, 2.45) is 0 Å². The molecule has 3 aromatic heterocycles. The molecule has 0 aliphatic carbocycles. The monoisotopic (exact) mass is 634 g/mol. The quantitative estimate of drug-likeness (QED) is 0.189. The predicted molar refractivity (Wildman–Crippen MR) is 200 cm³/mol. The molecule has 3 heterocycles. The van der Waals surface area contributed by atoms with Gasteiger partial charge in [-0.15, -0.1) is 11.3 Å². The number of furan rings is 1. The zero-order valence-electron chi connectivity index (χ0n) is 25.6. The van der Waals surface area contributed by atoms with Crippen LogP contribution in [0.25, 0.3) is 75.8 Å². The minimum atomic E-state index is 0.582. The van der Waals surface area contributed by atoms with Gasteiger partial charge in [-0.05, 0) is 90.0 Å². The molecule has 0 spiro atoms. The van der Waals surface area contributed by atoms with Crippen molar-refractivity contribution in [1.29, 1.82) is 0 Å². The van der Waals surface area contributed by atoms with Gasteiger partial charge < -0.3 is 13.7 Å². The first kappa shape index (κ1) is 27.0. The third-order valence-corrected chi connectivity index (χ3v) is 10.3. The molecule has 0 unspecified atom stereocenters. The van der Waals surface area contributed by atoms with Gasteiger partial charge in [0, 0.05) is 53.6 Å². The van der Waals surface area contributed by atoms with E-state index in [1.165, 1.54) is 31.3 Å². The minimum Gasteiger partial charge on any atom is -0.456 e. The number of hydrogen-bond donors (Lipinski definition) is 0. The molecule has 0 aliphatic rings. The van der Waals surface area contributed by atoms with Crippen LogP contribution in [0.2, 0.25) is 0 Å². The molecule has 4 nitrogen and oxygen atoms in total. The van der Waals surface area contributed by atoms with Gasteiger partial charge in [0.1, 0.15) is 16.7 Å². The first-order valence-corrected chi connectivity index (χ1v) is 16.8. The number of thiophene rings is 1. The summed E-state index contributed by atoms with van der Waals surface area (Å²) < 4.78 is 15.2. The van der Waals surface area contributed by atoms with Crippen molar-refractivity contribution in [1.82, 2.24) is 4.98 Å². The molecule has 10 aromatic rings. The fraction of sp³-hybridized carbons (Fsp3) is 0. The molecule has 0 amide bonds. The Kier molecular flexibility index (Phi) is 6.01. The van der Waals surface area contributed by atoms with E-state index in [0.717, 1.165) is 55.7 Å². The molecule has 0 radical (unpaired) electrons. The lowest BCUT2D eigenvalue weighted by molar-refractivity contribution is 0.620. The van der Waals surface area contributed by atoms with Crippen LogP contribution < -0.4 is 4.90 Å². The zero-order chi connectivity index (χ0) is 31.6. The van der Waals surface area contributed by atoms with E-state index >= 15 is 0 Å². The molecular formula is C43H26N2O2S. The molecule has 0 saturated heterocycles. The summed E-state index contributed by atoms with van der Waals surface area (Å²) in [7, 11) is 0. The van der Waals surface area contributed by atoms with Crippen LogP contribution >= 0.6 is 11.3 Å². The van der Waals surface area contributed by atoms with E-state index in [-0.39, 0.29) is 0 Å². The Hall–Kier alpha value is -6.17. The van der Waals surface area contributed by atoms with Crippen LogP contribution in [0.15, 0.2) is 167 Å². The highest BCUT2D eigenvalue weighted by molar-refractivity contribution is 7.25. The Morgan fingerprint density at radius 2 is 1.15 bits per heavy atom. The van der Waals surface area contributed by atoms with Crippen LogP contribution in [0.3, 0.4) is 0 Å². The average Bonchev–Trinajstić information content (AvgIpc) is 3.85. The Bertz CT molecular complexity index is 2760. The van der Waals surface area contributed by atoms with E-state index in [4.69, 9.17) is 13.8 Å². The predicted octanol–water partition coefficient (Wildman–Crippen LogP) is 12.9. The maximum Gasteiger partial charge on any atom is 0.228 e. The van der Waals surface area contributed by atoms with Gasteiger partial charge in [-0.1, -0.05) is 78.9 Å². The van der Waals surface area contributed by atoms with E-state index in [1.54, 1.807) is 0 Å². The lowest BCUT2D eigenvalue weighted by Gasteiger charge is -2.26. The fourth-order valence-corrected chi connectivity index (χ4v) is 7.94. The van der Waals surface area contributed by atoms with Gasteiger partial charge in [0.15, 0.2) is 5.58 Å². The summed E-state index contributed by atoms with van der Waals surface area (Å²) in [5.41, 5.74) is 9.68. The minimum absolute atomic E-state index is 0.582. The van der Waals surface area contributed by atoms with Crippen molar-refractivity contribution in [3.05, 3.63) is 158 Å². The lowest BCUT2D eigenvalue weighted by Crippen LogP contribution is -2.09. The largest absolute Gasteiger partial charge is 0.456 e. The van der Waals surface area contributed by atoms with Crippen LogP contribution in [0.5, 0.6) is 0 Å². The van der Waals surface area contributed by atoms with E-state index in [1.807, 2.05) is 47.7 Å². The second-order valence-electron chi connectivity index (χ2n) is 12.0. The van der Waals surface area contributed by atoms with Crippen molar-refractivity contribution >= 4 is 81.6 Å². The van der Waals surface area contributed by atoms with Crippen molar-refractivity contribution < 1.29 is 8.83 Å². The number of nitrogens with zero attached hydrogens (tertiary/aromatic N) is 2. The molecule has 0 N–H and O–H groups in total. The first-order valence-electron chi connectivity index (χ1n) is 15.9. The highest BCUT2D eigenvalue weighted by Gasteiger charge is 2.20. The molecule has 226 valence electrons. The summed E-state index contributed by atoms with van der Waals surface area (Å²) in [5.74, 6) is 0.582. The topological polar surface area (TPSA) is 42.4 Å². The molecule has 7 aromatic carbocycles. The van der Waals surface area contributed by atoms with Gasteiger partial charge in [0.2, 0.25) is 5.89 Å². The molecule has 48 heavy (non-hydrogen) atoms. The summed E-state index contributed by atoms with van der Waals surface area (Å²) in [6.45, 7) is 0. The normalized spacial score (nSPS) is 11.8. The van der Waals surface area contributed by atoms with Crippen LogP contribution in [0.1, 0.15) is 0 Å². The Labute approximate surface area is 279 Å². The summed E-state index contributed by atoms with van der Waals surface area (Å²) in [6, 6.07) is 55.1. The number of hydrogen-bond acceptors (Lipinski definition) is 5. The molecule has 5 heteroatoms. The average molecular weight is 635 g/mol. The molecular weight excluding hydrogens is 609 g/mol. The van der Waals surface area contributed by atoms with Crippen molar-refractivity contribution in [2.45, 2.75) is 0 Å². The maximum absolute atomic E-state index is 6.41. The maximum atomic E-state index is 6.41. The standard InChI is InChI=1S/C43H26N2O2S/c1-2-9-27(10-3-1)28-17-19-29(20-18-28)45(31-22-24-41-34(25-31)32-11-4-7-16-40(32)48-41)30-21-23-37-35(26-30)42-33(12-8-15-39(42)46-37)43-44-36-13-5-6-14-38(36)47-43/h1-26H. The van der Waals surface area contributed by atoms with Gasteiger partial charge in [0.05, 0.1) is 0 Å². The first-order chi connectivity index (χ1) is 23.8. The van der Waals surface area contributed by atoms with Crippen molar-refractivity contribution in [2.75, 3.05) is 4.90 Å². The van der Waals surface area contributed by atoms with Crippen molar-refractivity contribution in [3.63, 3.8) is 0 Å². The number of fused-ring (bicyclic) bond motifs is 7. The van der Waals surface area contributed by atoms with E-state index in [0.29, 0.717) is 5.89 Å². The van der Waals surface area contributed by atoms with Crippen LogP contribution in [-0.2, 0) is 0 Å². The zero-order valence-corrected chi connectivity index (χ0v) is 26.4. The summed E-state index contributed by atoms with van der Waals surface area (Å²) in [6.07, 6.45) is 0. The number of anilines is 3. The number of para-hydroxylation sites is 2. The van der Waals surface area contributed by atoms with Gasteiger partial charge in [-0.2, -0.15) is 0 Å². The summed E-state index contributed by atoms with van der Waals surface area (Å²) in [4.78, 5) is 7.17. The number of oxazole rings is 1. The third-order valence-electron chi connectivity index (χ3n) is 9.11. The van der Waals surface area contributed by atoms with Gasteiger partial charge in [-0.25, -0.2) is 4.98 Å². The fourth-order valence-electron chi connectivity index (χ4n) is 6.85. The Balaban J connectivity index is 1.18. The lowest BCUT2D eigenvalue weighted by atomic mass is 10.0. The summed E-state index contributed by atoms with van der Waals surface area (Å²) >= 11 is 1.83. The highest BCUT2D eigenvalue weighted by Crippen LogP contribution is 2.44. The van der Waals surface area contributed by atoms with Crippen LogP contribution in [-0.4, -0.2) is 4.98 Å². The van der Waals surface area contributed by atoms with E-state index in [2.05, 4.69) is 126 Å². The molecule has 0 atom stereocenters. The second kappa shape index (κ2) is 10.7. The highest BCUT2D eigenvalue weighted by atomic mass is 32.1. The van der Waals surface area contributed by atoms with Gasteiger partial charge >= 0.3 is 0 Å². The Morgan fingerprint density at radius 1 is 0.458 bits per heavy atom. The molecule has 0 fully saturated rings. The SMILES string of the molecule is c1ccc(-c2ccc(N(c3ccc4sc5ccccc5c4c3)c3ccc4oc5cccc(-c6nc7ccccc7o6)c5c4c3)cc2)cc1. The molecule has 0 aliphatic heterocycles. The van der Waals surface area contributed by atoms with Crippen LogP contribution in [0, 0.1) is 0 Å². The Morgan fingerprint density at radius 3 is 2.02 bits per heavy atom. The number of aromatic nitrogens is 1. The van der Waals surface area contributed by atoms with Gasteiger partial charge in [0.25, 0.3) is 0 Å².